The molecular weight excluding hydrogens is 238 g/mol. The number of hydrogen-bond donors (Lipinski definition) is 1. The van der Waals surface area contributed by atoms with Gasteiger partial charge in [-0.15, -0.1) is 0 Å². The summed E-state index contributed by atoms with van der Waals surface area (Å²) in [6.07, 6.45) is 0.291. The van der Waals surface area contributed by atoms with Crippen LogP contribution in [0.3, 0.4) is 0 Å². The maximum Gasteiger partial charge on any atom is 0.180 e. The van der Waals surface area contributed by atoms with Crippen molar-refractivity contribution in [1.82, 2.24) is 0 Å². The van der Waals surface area contributed by atoms with Crippen molar-refractivity contribution in [2.75, 3.05) is 11.5 Å². The van der Waals surface area contributed by atoms with Crippen molar-refractivity contribution in [3.8, 4) is 0 Å². The Morgan fingerprint density at radius 1 is 1.24 bits per heavy atom. The maximum atomic E-state index is 12.1. The Morgan fingerprint density at radius 3 is 2.18 bits per heavy atom. The van der Waals surface area contributed by atoms with Crippen LogP contribution in [0.4, 0.5) is 5.69 Å². The van der Waals surface area contributed by atoms with Crippen molar-refractivity contribution in [1.29, 1.82) is 0 Å². The number of carbonyl (C=O) groups is 1. The number of benzene rings is 1. The zero-order chi connectivity index (χ0) is 13.1. The Balaban J connectivity index is 3.07. The van der Waals surface area contributed by atoms with E-state index in [0.717, 1.165) is 0 Å². The Kier molecular flexibility index (Phi) is 4.28. The van der Waals surface area contributed by atoms with Crippen LogP contribution >= 0.6 is 0 Å². The van der Waals surface area contributed by atoms with Gasteiger partial charge in [-0.2, -0.15) is 0 Å². The first-order valence-electron chi connectivity index (χ1n) is 5.53. The molecule has 2 N–H and O–H groups in total. The molecular formula is C12H17NO3S. The van der Waals surface area contributed by atoms with Gasteiger partial charge in [0.05, 0.1) is 0 Å². The lowest BCUT2D eigenvalue weighted by Crippen LogP contribution is -2.31. The minimum atomic E-state index is -3.35. The van der Waals surface area contributed by atoms with Gasteiger partial charge in [0.25, 0.3) is 0 Å². The van der Waals surface area contributed by atoms with Gasteiger partial charge in [0, 0.05) is 17.0 Å². The molecule has 0 saturated heterocycles. The molecule has 0 aliphatic carbocycles. The van der Waals surface area contributed by atoms with Gasteiger partial charge in [0.2, 0.25) is 0 Å². The molecule has 1 rings (SSSR count). The third-order valence-electron chi connectivity index (χ3n) is 2.69. The van der Waals surface area contributed by atoms with Crippen LogP contribution in [0.15, 0.2) is 24.3 Å². The SMILES string of the molecule is CCC(C(=O)c1ccc(N)cc1)S(=O)(=O)CC. The zero-order valence-electron chi connectivity index (χ0n) is 10.0. The molecule has 0 bridgehead atoms. The fraction of sp³-hybridized carbons (Fsp3) is 0.417. The Labute approximate surface area is 102 Å². The first-order valence-corrected chi connectivity index (χ1v) is 7.25. The fourth-order valence-corrected chi connectivity index (χ4v) is 3.01. The summed E-state index contributed by atoms with van der Waals surface area (Å²) in [6.45, 7) is 3.25. The van der Waals surface area contributed by atoms with E-state index >= 15 is 0 Å². The van der Waals surface area contributed by atoms with Crippen molar-refractivity contribution in [2.24, 2.45) is 0 Å². The topological polar surface area (TPSA) is 77.2 Å². The lowest BCUT2D eigenvalue weighted by atomic mass is 10.1. The molecule has 0 amide bonds. The Bertz CT molecular complexity index is 491. The largest absolute Gasteiger partial charge is 0.399 e. The van der Waals surface area contributed by atoms with E-state index in [-0.39, 0.29) is 11.5 Å². The van der Waals surface area contributed by atoms with Crippen molar-refractivity contribution in [3.05, 3.63) is 29.8 Å². The monoisotopic (exact) mass is 255 g/mol. The summed E-state index contributed by atoms with van der Waals surface area (Å²) in [7, 11) is -3.35. The number of rotatable bonds is 5. The van der Waals surface area contributed by atoms with Crippen LogP contribution in [0.1, 0.15) is 30.6 Å². The second-order valence-electron chi connectivity index (χ2n) is 3.83. The highest BCUT2D eigenvalue weighted by molar-refractivity contribution is 7.92. The van der Waals surface area contributed by atoms with Gasteiger partial charge < -0.3 is 5.73 Å². The molecule has 0 aliphatic heterocycles. The third kappa shape index (κ3) is 3.06. The number of sulfone groups is 1. The fourth-order valence-electron chi connectivity index (χ4n) is 1.64. The maximum absolute atomic E-state index is 12.1. The molecule has 0 spiro atoms. The lowest BCUT2D eigenvalue weighted by Gasteiger charge is -2.13. The molecule has 4 nitrogen and oxygen atoms in total. The van der Waals surface area contributed by atoms with E-state index in [0.29, 0.717) is 17.7 Å². The van der Waals surface area contributed by atoms with Crippen LogP contribution in [0.25, 0.3) is 0 Å². The summed E-state index contributed by atoms with van der Waals surface area (Å²) in [5, 5.41) is -0.948. The minimum absolute atomic E-state index is 0.0216. The van der Waals surface area contributed by atoms with Gasteiger partial charge in [0.15, 0.2) is 15.6 Å². The minimum Gasteiger partial charge on any atom is -0.399 e. The first kappa shape index (κ1) is 13.7. The summed E-state index contributed by atoms with van der Waals surface area (Å²) in [5.74, 6) is -0.374. The van der Waals surface area contributed by atoms with Gasteiger partial charge >= 0.3 is 0 Å². The lowest BCUT2D eigenvalue weighted by molar-refractivity contribution is 0.0985. The molecule has 17 heavy (non-hydrogen) atoms. The van der Waals surface area contributed by atoms with Crippen LogP contribution < -0.4 is 5.73 Å². The molecule has 0 saturated carbocycles. The van der Waals surface area contributed by atoms with Crippen molar-refractivity contribution < 1.29 is 13.2 Å². The summed E-state index contributed by atoms with van der Waals surface area (Å²) in [6, 6.07) is 6.31. The van der Waals surface area contributed by atoms with E-state index in [1.165, 1.54) is 0 Å². The Morgan fingerprint density at radius 2 is 1.76 bits per heavy atom. The van der Waals surface area contributed by atoms with Crippen LogP contribution in [-0.4, -0.2) is 25.2 Å². The van der Waals surface area contributed by atoms with Gasteiger partial charge in [0.1, 0.15) is 5.25 Å². The third-order valence-corrected chi connectivity index (χ3v) is 4.91. The van der Waals surface area contributed by atoms with E-state index in [1.807, 2.05) is 0 Å². The van der Waals surface area contributed by atoms with E-state index in [9.17, 15) is 13.2 Å². The van der Waals surface area contributed by atoms with Gasteiger partial charge in [-0.05, 0) is 30.7 Å². The van der Waals surface area contributed by atoms with Crippen molar-refractivity contribution in [3.63, 3.8) is 0 Å². The Hall–Kier alpha value is -1.36. The van der Waals surface area contributed by atoms with E-state index in [1.54, 1.807) is 38.1 Å². The molecule has 1 unspecified atom stereocenters. The molecule has 0 radical (unpaired) electrons. The molecule has 5 heteroatoms. The van der Waals surface area contributed by atoms with Crippen molar-refractivity contribution in [2.45, 2.75) is 25.5 Å². The molecule has 0 aliphatic rings. The van der Waals surface area contributed by atoms with Gasteiger partial charge in [-0.25, -0.2) is 8.42 Å². The summed E-state index contributed by atoms with van der Waals surface area (Å²) in [5.41, 5.74) is 6.46. The highest BCUT2D eigenvalue weighted by atomic mass is 32.2. The number of anilines is 1. The summed E-state index contributed by atoms with van der Waals surface area (Å²) < 4.78 is 23.5. The molecule has 0 heterocycles. The molecule has 1 atom stereocenters. The second-order valence-corrected chi connectivity index (χ2v) is 6.31. The van der Waals surface area contributed by atoms with E-state index in [2.05, 4.69) is 0 Å². The highest BCUT2D eigenvalue weighted by Crippen LogP contribution is 2.15. The highest BCUT2D eigenvalue weighted by Gasteiger charge is 2.29. The van der Waals surface area contributed by atoms with Crippen LogP contribution in [0, 0.1) is 0 Å². The predicted octanol–water partition coefficient (Wildman–Crippen LogP) is 1.66. The summed E-state index contributed by atoms with van der Waals surface area (Å²) >= 11 is 0. The quantitative estimate of drug-likeness (QED) is 0.641. The van der Waals surface area contributed by atoms with E-state index < -0.39 is 15.1 Å². The van der Waals surface area contributed by atoms with Crippen molar-refractivity contribution >= 4 is 21.3 Å². The normalized spacial score (nSPS) is 13.3. The number of ketones is 1. The van der Waals surface area contributed by atoms with Crippen LogP contribution in [-0.2, 0) is 9.84 Å². The zero-order valence-corrected chi connectivity index (χ0v) is 10.8. The molecule has 0 fully saturated rings. The first-order chi connectivity index (χ1) is 7.92. The second kappa shape index (κ2) is 5.31. The van der Waals surface area contributed by atoms with Gasteiger partial charge in [-0.3, -0.25) is 4.79 Å². The number of carbonyl (C=O) groups excluding carboxylic acids is 1. The average molecular weight is 255 g/mol. The standard InChI is InChI=1S/C12H17NO3S/c1-3-11(17(15,16)4-2)12(14)9-5-7-10(13)8-6-9/h5-8,11H,3-4,13H2,1-2H3. The molecule has 94 valence electrons. The average Bonchev–Trinajstić information content (AvgIpc) is 2.30. The van der Waals surface area contributed by atoms with E-state index in [4.69, 9.17) is 5.73 Å². The number of hydrogen-bond acceptors (Lipinski definition) is 4. The smallest absolute Gasteiger partial charge is 0.180 e. The molecule has 1 aromatic carbocycles. The van der Waals surface area contributed by atoms with Crippen LogP contribution in [0.2, 0.25) is 0 Å². The van der Waals surface area contributed by atoms with Gasteiger partial charge in [-0.1, -0.05) is 13.8 Å². The predicted molar refractivity (Wildman–Crippen MR) is 68.7 cm³/mol. The summed E-state index contributed by atoms with van der Waals surface area (Å²) in [4.78, 5) is 12.1. The number of nitrogen functional groups attached to an aromatic ring is 1. The van der Waals surface area contributed by atoms with Crippen LogP contribution in [0.5, 0.6) is 0 Å². The number of Topliss-reactive ketones (excluding diaryl/α,β-unsaturated/α-hetero) is 1. The molecule has 1 aromatic rings. The number of nitrogens with two attached hydrogens (primary N) is 1. The molecule has 0 aromatic heterocycles.